The molecule has 4 N–H and O–H groups in total. The quantitative estimate of drug-likeness (QED) is 0.337. The maximum absolute atomic E-state index is 12.3. The van der Waals surface area contributed by atoms with Crippen LogP contribution in [0.1, 0.15) is 52.7 Å². The van der Waals surface area contributed by atoms with Crippen LogP contribution in [0, 0.1) is 0 Å². The maximum atomic E-state index is 12.3. The number of oxime groups is 1. The van der Waals surface area contributed by atoms with E-state index < -0.39 is 0 Å². The number of nitrogens with one attached hydrogen (secondary N) is 1. The number of carbonyl (C=O) groups is 1. The van der Waals surface area contributed by atoms with Crippen molar-refractivity contribution in [2.45, 2.75) is 51.5 Å². The average molecular weight is 295 g/mol. The Kier molecular flexibility index (Phi) is 5.00. The van der Waals surface area contributed by atoms with Gasteiger partial charge in [0.2, 0.25) is 0 Å². The van der Waals surface area contributed by atoms with Crippen LogP contribution in [0.15, 0.2) is 11.2 Å². The molecule has 0 spiro atoms. The molecular weight excluding hydrogens is 274 g/mol. The molecule has 1 atom stereocenters. The van der Waals surface area contributed by atoms with E-state index in [1.165, 1.54) is 23.3 Å². The zero-order valence-corrected chi connectivity index (χ0v) is 12.5. The van der Waals surface area contributed by atoms with Gasteiger partial charge in [0.25, 0.3) is 5.91 Å². The monoisotopic (exact) mass is 295 g/mol. The molecule has 2 rings (SSSR count). The number of fused-ring (bicyclic) bond motifs is 1. The highest BCUT2D eigenvalue weighted by Crippen LogP contribution is 2.29. The predicted octanol–water partition coefficient (Wildman–Crippen LogP) is 2.27. The molecule has 20 heavy (non-hydrogen) atoms. The van der Waals surface area contributed by atoms with Crippen LogP contribution in [-0.4, -0.2) is 23.0 Å². The van der Waals surface area contributed by atoms with Crippen LogP contribution < -0.4 is 11.1 Å². The van der Waals surface area contributed by atoms with Gasteiger partial charge in [-0.1, -0.05) is 12.1 Å². The molecule has 5 nitrogen and oxygen atoms in total. The van der Waals surface area contributed by atoms with Crippen molar-refractivity contribution >= 4 is 23.1 Å². The zero-order chi connectivity index (χ0) is 14.5. The van der Waals surface area contributed by atoms with Gasteiger partial charge in [0.1, 0.15) is 5.84 Å². The highest BCUT2D eigenvalue weighted by Gasteiger charge is 2.19. The Morgan fingerprint density at radius 3 is 2.95 bits per heavy atom. The van der Waals surface area contributed by atoms with Crippen molar-refractivity contribution in [3.8, 4) is 0 Å². The molecule has 0 aromatic carbocycles. The SMILES string of the molecule is CCC(CC(N)=NO)NC(=O)c1cc2c(s1)CCCC2. The Bertz CT molecular complexity index is 487. The Hall–Kier alpha value is -1.56. The molecular formula is C14H21N3O2S. The lowest BCUT2D eigenvalue weighted by molar-refractivity contribution is 0.0941. The van der Waals surface area contributed by atoms with Crippen LogP contribution in [0.2, 0.25) is 0 Å². The van der Waals surface area contributed by atoms with Crippen LogP contribution in [0.4, 0.5) is 0 Å². The molecule has 110 valence electrons. The summed E-state index contributed by atoms with van der Waals surface area (Å²) in [4.78, 5) is 14.4. The van der Waals surface area contributed by atoms with E-state index in [0.29, 0.717) is 6.42 Å². The number of nitrogens with two attached hydrogens (primary N) is 1. The molecule has 0 saturated carbocycles. The van der Waals surface area contributed by atoms with Gasteiger partial charge in [-0.15, -0.1) is 11.3 Å². The second-order valence-corrected chi connectivity index (χ2v) is 6.28. The van der Waals surface area contributed by atoms with Gasteiger partial charge in [-0.25, -0.2) is 0 Å². The first-order valence-electron chi connectivity index (χ1n) is 7.02. The second-order valence-electron chi connectivity index (χ2n) is 5.14. The number of hydrogen-bond donors (Lipinski definition) is 3. The van der Waals surface area contributed by atoms with Gasteiger partial charge < -0.3 is 16.3 Å². The first-order valence-corrected chi connectivity index (χ1v) is 7.84. The summed E-state index contributed by atoms with van der Waals surface area (Å²) in [7, 11) is 0. The van der Waals surface area contributed by atoms with Gasteiger partial charge in [0.05, 0.1) is 4.88 Å². The Morgan fingerprint density at radius 2 is 2.30 bits per heavy atom. The van der Waals surface area contributed by atoms with Gasteiger partial charge in [0.15, 0.2) is 0 Å². The minimum absolute atomic E-state index is 0.0537. The number of carbonyl (C=O) groups excluding carboxylic acids is 1. The topological polar surface area (TPSA) is 87.7 Å². The number of aryl methyl sites for hydroxylation is 2. The van der Waals surface area contributed by atoms with E-state index in [-0.39, 0.29) is 17.8 Å². The minimum Gasteiger partial charge on any atom is -0.409 e. The summed E-state index contributed by atoms with van der Waals surface area (Å²) < 4.78 is 0. The number of amidine groups is 1. The van der Waals surface area contributed by atoms with E-state index in [1.807, 2.05) is 13.0 Å². The van der Waals surface area contributed by atoms with E-state index in [9.17, 15) is 4.79 Å². The number of nitrogens with zero attached hydrogens (tertiary/aromatic N) is 1. The van der Waals surface area contributed by atoms with Gasteiger partial charge in [-0.2, -0.15) is 0 Å². The van der Waals surface area contributed by atoms with Crippen molar-refractivity contribution in [1.82, 2.24) is 5.32 Å². The normalized spacial score (nSPS) is 16.6. The summed E-state index contributed by atoms with van der Waals surface area (Å²) >= 11 is 1.60. The zero-order valence-electron chi connectivity index (χ0n) is 11.7. The van der Waals surface area contributed by atoms with Crippen molar-refractivity contribution < 1.29 is 10.0 Å². The van der Waals surface area contributed by atoms with Crippen LogP contribution in [0.3, 0.4) is 0 Å². The first-order chi connectivity index (χ1) is 9.63. The van der Waals surface area contributed by atoms with E-state index in [2.05, 4.69) is 10.5 Å². The molecule has 0 aliphatic heterocycles. The van der Waals surface area contributed by atoms with Crippen LogP contribution in [-0.2, 0) is 12.8 Å². The van der Waals surface area contributed by atoms with Crippen LogP contribution >= 0.6 is 11.3 Å². The lowest BCUT2D eigenvalue weighted by Gasteiger charge is -2.15. The third-order valence-corrected chi connectivity index (χ3v) is 4.87. The third-order valence-electron chi connectivity index (χ3n) is 3.63. The summed E-state index contributed by atoms with van der Waals surface area (Å²) in [6, 6.07) is 1.92. The van der Waals surface area contributed by atoms with Gasteiger partial charge in [0, 0.05) is 17.3 Å². The van der Waals surface area contributed by atoms with E-state index >= 15 is 0 Å². The van der Waals surface area contributed by atoms with Crippen molar-refractivity contribution in [1.29, 1.82) is 0 Å². The number of hydrogen-bond acceptors (Lipinski definition) is 4. The predicted molar refractivity (Wildman–Crippen MR) is 80.5 cm³/mol. The summed E-state index contributed by atoms with van der Waals surface area (Å²) in [6.07, 6.45) is 5.72. The van der Waals surface area contributed by atoms with Gasteiger partial charge in [-0.05, 0) is 43.7 Å². The van der Waals surface area contributed by atoms with Crippen molar-refractivity contribution in [2.24, 2.45) is 10.9 Å². The molecule has 1 aromatic rings. The molecule has 1 unspecified atom stereocenters. The first kappa shape index (κ1) is 14.8. The average Bonchev–Trinajstić information content (AvgIpc) is 2.90. The van der Waals surface area contributed by atoms with E-state index in [1.54, 1.807) is 11.3 Å². The minimum atomic E-state index is -0.0995. The Labute approximate surface area is 122 Å². The summed E-state index contributed by atoms with van der Waals surface area (Å²) in [5, 5.41) is 14.5. The molecule has 0 saturated heterocycles. The molecule has 1 aliphatic rings. The van der Waals surface area contributed by atoms with E-state index in [0.717, 1.165) is 24.1 Å². The summed E-state index contributed by atoms with van der Waals surface area (Å²) in [6.45, 7) is 1.97. The fourth-order valence-electron chi connectivity index (χ4n) is 2.45. The third kappa shape index (κ3) is 3.50. The fraction of sp³-hybridized carbons (Fsp3) is 0.571. The summed E-state index contributed by atoms with van der Waals surface area (Å²) in [5.74, 6) is 0.0876. The van der Waals surface area contributed by atoms with Crippen molar-refractivity contribution in [3.05, 3.63) is 21.4 Å². The summed E-state index contributed by atoms with van der Waals surface area (Å²) in [5.41, 5.74) is 6.82. The molecule has 1 amide bonds. The lowest BCUT2D eigenvalue weighted by Crippen LogP contribution is -2.37. The second kappa shape index (κ2) is 6.74. The Balaban J connectivity index is 2.01. The van der Waals surface area contributed by atoms with Crippen molar-refractivity contribution in [3.63, 3.8) is 0 Å². The Morgan fingerprint density at radius 1 is 1.55 bits per heavy atom. The number of thiophene rings is 1. The van der Waals surface area contributed by atoms with Gasteiger partial charge >= 0.3 is 0 Å². The molecule has 1 aromatic heterocycles. The highest BCUT2D eigenvalue weighted by molar-refractivity contribution is 7.14. The molecule has 0 fully saturated rings. The number of rotatable bonds is 5. The van der Waals surface area contributed by atoms with Crippen molar-refractivity contribution in [2.75, 3.05) is 0 Å². The molecule has 0 bridgehead atoms. The number of amides is 1. The smallest absolute Gasteiger partial charge is 0.261 e. The molecule has 6 heteroatoms. The lowest BCUT2D eigenvalue weighted by atomic mass is 9.99. The molecule has 1 aliphatic carbocycles. The fourth-order valence-corrected chi connectivity index (χ4v) is 3.61. The highest BCUT2D eigenvalue weighted by atomic mass is 32.1. The van der Waals surface area contributed by atoms with Crippen LogP contribution in [0.5, 0.6) is 0 Å². The maximum Gasteiger partial charge on any atom is 0.261 e. The largest absolute Gasteiger partial charge is 0.409 e. The molecule has 0 radical (unpaired) electrons. The van der Waals surface area contributed by atoms with Gasteiger partial charge in [-0.3, -0.25) is 4.79 Å². The van der Waals surface area contributed by atoms with E-state index in [4.69, 9.17) is 10.9 Å². The standard InChI is InChI=1S/C14H21N3O2S/c1-2-10(8-13(15)17-19)16-14(18)12-7-9-5-3-4-6-11(9)20-12/h7,10,19H,2-6,8H2,1H3,(H2,15,17)(H,16,18). The molecule has 1 heterocycles. The van der Waals surface area contributed by atoms with Crippen LogP contribution in [0.25, 0.3) is 0 Å².